The number of rotatable bonds is 12. The molecule has 2 aromatic heterocycles. The van der Waals surface area contributed by atoms with Crippen LogP contribution in [0.5, 0.6) is 5.75 Å². The Bertz CT molecular complexity index is 1730. The smallest absolute Gasteiger partial charge is 0.407 e. The highest BCUT2D eigenvalue weighted by Gasteiger charge is 2.21. The number of carbonyl (C=O) groups excluding carboxylic acids is 3. The summed E-state index contributed by atoms with van der Waals surface area (Å²) in [6.45, 7) is 6.01. The fourth-order valence-electron chi connectivity index (χ4n) is 4.34. The summed E-state index contributed by atoms with van der Waals surface area (Å²) in [7, 11) is 1.52. The van der Waals surface area contributed by atoms with E-state index < -0.39 is 17.6 Å². The van der Waals surface area contributed by atoms with E-state index in [2.05, 4.69) is 27.0 Å². The molecule has 11 nitrogen and oxygen atoms in total. The van der Waals surface area contributed by atoms with Crippen molar-refractivity contribution < 1.29 is 28.6 Å². The number of carbonyl (C=O) groups is 3. The lowest BCUT2D eigenvalue weighted by molar-refractivity contribution is 0.0514. The third-order valence-electron chi connectivity index (χ3n) is 6.35. The Labute approximate surface area is 271 Å². The van der Waals surface area contributed by atoms with E-state index in [4.69, 9.17) is 14.2 Å². The third kappa shape index (κ3) is 9.13. The number of hydrogen-bond donors (Lipinski definition) is 3. The Hall–Kier alpha value is -5.25. The Morgan fingerprint density at radius 3 is 2.43 bits per heavy atom. The van der Waals surface area contributed by atoms with Crippen molar-refractivity contribution >= 4 is 35.1 Å². The second-order valence-electron chi connectivity index (χ2n) is 11.0. The molecule has 4 rings (SSSR count). The number of benzene rings is 2. The number of amides is 3. The molecule has 0 unspecified atom stereocenters. The predicted octanol–water partition coefficient (Wildman–Crippen LogP) is 6.23. The minimum absolute atomic E-state index is 0.0103. The summed E-state index contributed by atoms with van der Waals surface area (Å²) in [5.74, 6) is -0.156. The van der Waals surface area contributed by atoms with Crippen molar-refractivity contribution in [2.24, 2.45) is 0 Å². The molecular formula is C34H35N5O6S. The van der Waals surface area contributed by atoms with E-state index in [-0.39, 0.29) is 24.1 Å². The van der Waals surface area contributed by atoms with Gasteiger partial charge in [-0.2, -0.15) is 5.26 Å². The zero-order valence-corrected chi connectivity index (χ0v) is 26.8. The molecule has 3 N–H and O–H groups in total. The Morgan fingerprint density at radius 1 is 0.935 bits per heavy atom. The predicted molar refractivity (Wildman–Crippen MR) is 176 cm³/mol. The zero-order valence-electron chi connectivity index (χ0n) is 26.0. The zero-order chi connectivity index (χ0) is 33.1. The molecule has 2 aromatic carbocycles. The van der Waals surface area contributed by atoms with E-state index in [1.54, 1.807) is 74.7 Å². The van der Waals surface area contributed by atoms with Gasteiger partial charge < -0.3 is 30.2 Å². The molecule has 0 spiro atoms. The summed E-state index contributed by atoms with van der Waals surface area (Å²) in [5, 5.41) is 20.4. The number of hydrogen-bond acceptors (Lipinski definition) is 9. The number of nitriles is 1. The van der Waals surface area contributed by atoms with Crippen LogP contribution in [0.15, 0.2) is 72.1 Å². The molecule has 238 valence electrons. The second-order valence-corrected chi connectivity index (χ2v) is 11.9. The molecule has 12 heteroatoms. The van der Waals surface area contributed by atoms with Crippen LogP contribution in [-0.4, -0.2) is 55.5 Å². The maximum absolute atomic E-state index is 13.1. The molecule has 0 fully saturated rings. The first kappa shape index (κ1) is 33.6. The van der Waals surface area contributed by atoms with Crippen LogP contribution in [0.4, 0.5) is 10.6 Å². The second kappa shape index (κ2) is 15.7. The van der Waals surface area contributed by atoms with E-state index in [9.17, 15) is 19.6 Å². The van der Waals surface area contributed by atoms with Crippen LogP contribution in [0.2, 0.25) is 0 Å². The quantitative estimate of drug-likeness (QED) is 0.122. The van der Waals surface area contributed by atoms with Gasteiger partial charge in [-0.1, -0.05) is 30.3 Å². The number of ether oxygens (including phenoxy) is 3. The van der Waals surface area contributed by atoms with Crippen molar-refractivity contribution in [3.8, 4) is 34.2 Å². The van der Waals surface area contributed by atoms with Crippen molar-refractivity contribution in [1.82, 2.24) is 15.6 Å². The van der Waals surface area contributed by atoms with E-state index in [0.717, 1.165) is 0 Å². The number of anilines is 1. The molecule has 46 heavy (non-hydrogen) atoms. The molecule has 0 aliphatic carbocycles. The summed E-state index contributed by atoms with van der Waals surface area (Å²) in [4.78, 5) is 43.1. The molecule has 0 aliphatic rings. The highest BCUT2D eigenvalue weighted by molar-refractivity contribution is 7.12. The van der Waals surface area contributed by atoms with Crippen LogP contribution in [-0.2, 0) is 9.47 Å². The lowest BCUT2D eigenvalue weighted by atomic mass is 9.96. The number of para-hydroxylation sites is 1. The van der Waals surface area contributed by atoms with Crippen molar-refractivity contribution in [2.75, 3.05) is 32.3 Å². The number of alkyl carbamates (subject to hydrolysis) is 1. The SMILES string of the molecule is COCOc1ccccc1-c1cc(-c2cccc(C(=O)NCCCNC(=O)OC(C)(C)C)c2)c(C#N)c(NC(=O)c2cccs2)n1. The first-order chi connectivity index (χ1) is 22.1. The van der Waals surface area contributed by atoms with Crippen molar-refractivity contribution in [3.63, 3.8) is 0 Å². The van der Waals surface area contributed by atoms with Gasteiger partial charge in [0.05, 0.1) is 10.6 Å². The fourth-order valence-corrected chi connectivity index (χ4v) is 4.96. The number of methoxy groups -OCH3 is 1. The van der Waals surface area contributed by atoms with Gasteiger partial charge in [-0.15, -0.1) is 11.3 Å². The molecule has 4 aromatic rings. The van der Waals surface area contributed by atoms with E-state index >= 15 is 0 Å². The molecular weight excluding hydrogens is 606 g/mol. The van der Waals surface area contributed by atoms with Crippen LogP contribution in [0, 0.1) is 11.3 Å². The monoisotopic (exact) mass is 641 g/mol. The van der Waals surface area contributed by atoms with Crippen molar-refractivity contribution in [2.45, 2.75) is 32.8 Å². The summed E-state index contributed by atoms with van der Waals surface area (Å²) in [5.41, 5.74) is 2.00. The standard InChI is InChI=1S/C34H35N5O6S/c1-34(2,3)45-33(42)37-16-9-15-36-31(40)23-11-7-10-22(18-23)25-19-27(24-12-5-6-13-28(24)44-21-43-4)38-30(26(25)20-35)39-32(41)29-14-8-17-46-29/h5-8,10-14,17-19H,9,15-16,21H2,1-4H3,(H,36,40)(H,37,42)(H,38,39,41). The van der Waals surface area contributed by atoms with Gasteiger partial charge >= 0.3 is 6.09 Å². The van der Waals surface area contributed by atoms with Gasteiger partial charge in [-0.05, 0) is 74.5 Å². The molecule has 0 saturated heterocycles. The molecule has 2 heterocycles. The van der Waals surface area contributed by atoms with Crippen LogP contribution >= 0.6 is 11.3 Å². The van der Waals surface area contributed by atoms with Crippen molar-refractivity contribution in [1.29, 1.82) is 5.26 Å². The first-order valence-electron chi connectivity index (χ1n) is 14.5. The maximum Gasteiger partial charge on any atom is 0.407 e. The van der Waals surface area contributed by atoms with Crippen LogP contribution < -0.4 is 20.7 Å². The Balaban J connectivity index is 1.63. The van der Waals surface area contributed by atoms with Gasteiger partial charge in [0.1, 0.15) is 23.0 Å². The van der Waals surface area contributed by atoms with Gasteiger partial charge in [0.15, 0.2) is 12.6 Å². The average molecular weight is 642 g/mol. The maximum atomic E-state index is 13.1. The lowest BCUT2D eigenvalue weighted by Crippen LogP contribution is -2.34. The highest BCUT2D eigenvalue weighted by atomic mass is 32.1. The van der Waals surface area contributed by atoms with Crippen molar-refractivity contribution in [3.05, 3.63) is 88.1 Å². The number of aromatic nitrogens is 1. The Morgan fingerprint density at radius 2 is 1.72 bits per heavy atom. The molecule has 0 aliphatic heterocycles. The first-order valence-corrected chi connectivity index (χ1v) is 15.3. The van der Waals surface area contributed by atoms with Gasteiger partial charge in [0.25, 0.3) is 11.8 Å². The molecule has 0 atom stereocenters. The van der Waals surface area contributed by atoms with E-state index in [0.29, 0.717) is 58.1 Å². The number of nitrogens with one attached hydrogen (secondary N) is 3. The minimum atomic E-state index is -0.595. The van der Waals surface area contributed by atoms with Gasteiger partial charge in [-0.3, -0.25) is 9.59 Å². The summed E-state index contributed by atoms with van der Waals surface area (Å²) < 4.78 is 16.1. The highest BCUT2D eigenvalue weighted by Crippen LogP contribution is 2.36. The lowest BCUT2D eigenvalue weighted by Gasteiger charge is -2.19. The van der Waals surface area contributed by atoms with Gasteiger partial charge in [0.2, 0.25) is 0 Å². The minimum Gasteiger partial charge on any atom is -0.467 e. The van der Waals surface area contributed by atoms with Crippen LogP contribution in [0.3, 0.4) is 0 Å². The van der Waals surface area contributed by atoms with Gasteiger partial charge in [0, 0.05) is 36.9 Å². The molecule has 0 bridgehead atoms. The summed E-state index contributed by atoms with van der Waals surface area (Å²) in [6.07, 6.45) is -0.0233. The summed E-state index contributed by atoms with van der Waals surface area (Å²) >= 11 is 1.27. The molecule has 3 amide bonds. The normalized spacial score (nSPS) is 10.8. The van der Waals surface area contributed by atoms with E-state index in [1.807, 2.05) is 18.2 Å². The number of nitrogens with zero attached hydrogens (tertiary/aromatic N) is 2. The third-order valence-corrected chi connectivity index (χ3v) is 7.22. The van der Waals surface area contributed by atoms with Crippen LogP contribution in [0.1, 0.15) is 52.8 Å². The number of thiophene rings is 1. The molecule has 0 saturated carbocycles. The molecule has 0 radical (unpaired) electrons. The fraction of sp³-hybridized carbons (Fsp3) is 0.265. The summed E-state index contributed by atoms with van der Waals surface area (Å²) in [6, 6.07) is 21.4. The largest absolute Gasteiger partial charge is 0.467 e. The number of pyridine rings is 1. The van der Waals surface area contributed by atoms with Crippen LogP contribution in [0.25, 0.3) is 22.4 Å². The van der Waals surface area contributed by atoms with Gasteiger partial charge in [-0.25, -0.2) is 9.78 Å². The Kier molecular flexibility index (Phi) is 11.4. The van der Waals surface area contributed by atoms with E-state index in [1.165, 1.54) is 18.4 Å². The topological polar surface area (TPSA) is 152 Å². The average Bonchev–Trinajstić information content (AvgIpc) is 3.58.